The number of fused-ring (bicyclic) bond motifs is 1. The molecule has 18 heavy (non-hydrogen) atoms. The third-order valence-corrected chi connectivity index (χ3v) is 3.57. The van der Waals surface area contributed by atoms with Gasteiger partial charge in [-0.25, -0.2) is 0 Å². The van der Waals surface area contributed by atoms with Gasteiger partial charge in [-0.05, 0) is 30.4 Å². The number of amides is 1. The van der Waals surface area contributed by atoms with E-state index in [0.29, 0.717) is 21.2 Å². The molecule has 1 amide bonds. The van der Waals surface area contributed by atoms with Crippen LogP contribution in [0.15, 0.2) is 27.6 Å². The Kier molecular flexibility index (Phi) is 2.92. The average molecular weight is 279 g/mol. The highest BCUT2D eigenvalue weighted by Gasteiger charge is 2.13. The Hall–Kier alpha value is -1.60. The predicted octanol–water partition coefficient (Wildman–Crippen LogP) is 2.32. The smallest absolute Gasteiger partial charge is 0.266 e. The SMILES string of the molecule is O=C(NC1=NCCS1)c1ccc2[nH]c(=S)oc2c1. The summed E-state index contributed by atoms with van der Waals surface area (Å²) in [5, 5.41) is 3.44. The molecule has 0 aliphatic carbocycles. The normalized spacial score (nSPS) is 14.8. The standard InChI is InChI=1S/C11H9N3O2S2/c15-9(14-10-12-3-4-18-10)6-1-2-7-8(5-6)16-11(17)13-7/h1-2,5H,3-4H2,(H,13,17)(H,12,14,15). The molecule has 1 aromatic carbocycles. The molecule has 0 fully saturated rings. The van der Waals surface area contributed by atoms with Crippen molar-refractivity contribution < 1.29 is 9.21 Å². The van der Waals surface area contributed by atoms with Gasteiger partial charge in [0.15, 0.2) is 10.8 Å². The Labute approximate surface area is 112 Å². The molecule has 1 aromatic heterocycles. The van der Waals surface area contributed by atoms with Crippen molar-refractivity contribution in [3.63, 3.8) is 0 Å². The highest BCUT2D eigenvalue weighted by molar-refractivity contribution is 8.14. The maximum absolute atomic E-state index is 12.0. The molecule has 0 atom stereocenters. The summed E-state index contributed by atoms with van der Waals surface area (Å²) in [7, 11) is 0. The van der Waals surface area contributed by atoms with Gasteiger partial charge in [0.25, 0.3) is 10.7 Å². The molecule has 1 aliphatic rings. The van der Waals surface area contributed by atoms with Crippen LogP contribution in [0.4, 0.5) is 0 Å². The number of carbonyl (C=O) groups is 1. The van der Waals surface area contributed by atoms with Crippen molar-refractivity contribution in [2.24, 2.45) is 4.99 Å². The number of benzene rings is 1. The summed E-state index contributed by atoms with van der Waals surface area (Å²) in [6, 6.07) is 5.16. The number of carbonyl (C=O) groups excluding carboxylic acids is 1. The van der Waals surface area contributed by atoms with E-state index in [0.717, 1.165) is 17.8 Å². The topological polar surface area (TPSA) is 70.4 Å². The number of amidine groups is 1. The summed E-state index contributed by atoms with van der Waals surface area (Å²) >= 11 is 6.44. The molecular weight excluding hydrogens is 270 g/mol. The van der Waals surface area contributed by atoms with Crippen molar-refractivity contribution in [3.05, 3.63) is 28.6 Å². The zero-order valence-electron chi connectivity index (χ0n) is 9.23. The maximum atomic E-state index is 12.0. The number of aliphatic imine (C=N–C) groups is 1. The van der Waals surface area contributed by atoms with E-state index in [2.05, 4.69) is 15.3 Å². The molecule has 2 aromatic rings. The maximum Gasteiger partial charge on any atom is 0.266 e. The van der Waals surface area contributed by atoms with Gasteiger partial charge in [-0.2, -0.15) is 0 Å². The van der Waals surface area contributed by atoms with Crippen molar-refractivity contribution in [2.75, 3.05) is 12.3 Å². The summed E-state index contributed by atoms with van der Waals surface area (Å²) in [5.41, 5.74) is 1.88. The number of nitrogens with one attached hydrogen (secondary N) is 2. The van der Waals surface area contributed by atoms with Crippen molar-refractivity contribution in [1.82, 2.24) is 10.3 Å². The quantitative estimate of drug-likeness (QED) is 0.786. The molecule has 0 bridgehead atoms. The number of aromatic nitrogens is 1. The van der Waals surface area contributed by atoms with Crippen molar-refractivity contribution in [1.29, 1.82) is 0 Å². The highest BCUT2D eigenvalue weighted by atomic mass is 32.2. The van der Waals surface area contributed by atoms with Gasteiger partial charge in [-0.15, -0.1) is 0 Å². The molecule has 2 N–H and O–H groups in total. The number of nitrogens with zero attached hydrogens (tertiary/aromatic N) is 1. The molecule has 0 spiro atoms. The molecule has 0 saturated carbocycles. The fraction of sp³-hybridized carbons (Fsp3) is 0.182. The van der Waals surface area contributed by atoms with Crippen LogP contribution >= 0.6 is 24.0 Å². The Morgan fingerprint density at radius 3 is 3.22 bits per heavy atom. The van der Waals surface area contributed by atoms with E-state index in [-0.39, 0.29) is 5.91 Å². The van der Waals surface area contributed by atoms with Crippen LogP contribution in [0.5, 0.6) is 0 Å². The van der Waals surface area contributed by atoms with Crippen molar-refractivity contribution in [3.8, 4) is 0 Å². The van der Waals surface area contributed by atoms with Gasteiger partial charge < -0.3 is 14.7 Å². The Morgan fingerprint density at radius 1 is 1.56 bits per heavy atom. The summed E-state index contributed by atoms with van der Waals surface area (Å²) in [6.45, 7) is 0.756. The minimum Gasteiger partial charge on any atom is -0.429 e. The highest BCUT2D eigenvalue weighted by Crippen LogP contribution is 2.16. The summed E-state index contributed by atoms with van der Waals surface area (Å²) in [4.78, 5) is 19.3. The molecule has 0 unspecified atom stereocenters. The Balaban J connectivity index is 1.88. The molecule has 3 rings (SSSR count). The molecule has 5 nitrogen and oxygen atoms in total. The largest absolute Gasteiger partial charge is 0.429 e. The van der Waals surface area contributed by atoms with Gasteiger partial charge in [0.05, 0.1) is 12.1 Å². The first-order valence-corrected chi connectivity index (χ1v) is 6.73. The third-order valence-electron chi connectivity index (χ3n) is 2.49. The monoisotopic (exact) mass is 279 g/mol. The van der Waals surface area contributed by atoms with Crippen LogP contribution in [0.25, 0.3) is 11.1 Å². The fourth-order valence-electron chi connectivity index (χ4n) is 1.67. The van der Waals surface area contributed by atoms with E-state index in [1.807, 2.05) is 0 Å². The van der Waals surface area contributed by atoms with Gasteiger partial charge in [0.2, 0.25) is 0 Å². The molecule has 7 heteroatoms. The van der Waals surface area contributed by atoms with Crippen LogP contribution in [-0.2, 0) is 0 Å². The van der Waals surface area contributed by atoms with Crippen LogP contribution in [0.1, 0.15) is 10.4 Å². The first-order valence-electron chi connectivity index (χ1n) is 5.34. The number of hydrogen-bond donors (Lipinski definition) is 2. The van der Waals surface area contributed by atoms with Crippen LogP contribution < -0.4 is 5.32 Å². The Morgan fingerprint density at radius 2 is 2.44 bits per heavy atom. The minimum absolute atomic E-state index is 0.188. The van der Waals surface area contributed by atoms with Gasteiger partial charge in [-0.3, -0.25) is 9.79 Å². The number of hydrogen-bond acceptors (Lipinski definition) is 5. The molecule has 0 radical (unpaired) electrons. The van der Waals surface area contributed by atoms with Crippen molar-refractivity contribution in [2.45, 2.75) is 0 Å². The van der Waals surface area contributed by atoms with Crippen LogP contribution in [0.3, 0.4) is 0 Å². The van der Waals surface area contributed by atoms with Crippen LogP contribution in [0.2, 0.25) is 0 Å². The first kappa shape index (κ1) is 11.5. The van der Waals surface area contributed by atoms with Gasteiger partial charge >= 0.3 is 0 Å². The second kappa shape index (κ2) is 4.58. The number of rotatable bonds is 1. The molecule has 92 valence electrons. The van der Waals surface area contributed by atoms with Crippen LogP contribution in [-0.4, -0.2) is 28.4 Å². The lowest BCUT2D eigenvalue weighted by Gasteiger charge is -2.03. The minimum atomic E-state index is -0.188. The van der Waals surface area contributed by atoms with Crippen molar-refractivity contribution >= 4 is 46.2 Å². The number of H-pyrrole nitrogens is 1. The van der Waals surface area contributed by atoms with E-state index in [1.165, 1.54) is 0 Å². The summed E-state index contributed by atoms with van der Waals surface area (Å²) in [6.07, 6.45) is 0. The first-order chi connectivity index (χ1) is 8.72. The Bertz CT molecular complexity index is 702. The van der Waals surface area contributed by atoms with Gasteiger partial charge in [-0.1, -0.05) is 11.8 Å². The zero-order valence-corrected chi connectivity index (χ0v) is 10.9. The second-order valence-electron chi connectivity index (χ2n) is 3.71. The third kappa shape index (κ3) is 2.19. The summed E-state index contributed by atoms with van der Waals surface area (Å²) in [5.74, 6) is 0.730. The number of aromatic amines is 1. The number of oxazole rings is 1. The van der Waals surface area contributed by atoms with E-state index < -0.39 is 0 Å². The lowest BCUT2D eigenvalue weighted by molar-refractivity contribution is 0.0978. The lowest BCUT2D eigenvalue weighted by Crippen LogP contribution is -2.27. The van der Waals surface area contributed by atoms with E-state index in [4.69, 9.17) is 16.6 Å². The predicted molar refractivity (Wildman–Crippen MR) is 73.6 cm³/mol. The lowest BCUT2D eigenvalue weighted by atomic mass is 10.2. The van der Waals surface area contributed by atoms with Gasteiger partial charge in [0.1, 0.15) is 0 Å². The molecule has 2 heterocycles. The zero-order chi connectivity index (χ0) is 12.5. The molecular formula is C11H9N3O2S2. The molecule has 1 aliphatic heterocycles. The average Bonchev–Trinajstić information content (AvgIpc) is 2.95. The summed E-state index contributed by atoms with van der Waals surface area (Å²) < 4.78 is 5.27. The van der Waals surface area contributed by atoms with Gasteiger partial charge in [0, 0.05) is 11.3 Å². The fourth-order valence-corrected chi connectivity index (χ4v) is 2.59. The van der Waals surface area contributed by atoms with E-state index >= 15 is 0 Å². The molecule has 0 saturated heterocycles. The second-order valence-corrected chi connectivity index (χ2v) is 5.17. The van der Waals surface area contributed by atoms with E-state index in [9.17, 15) is 4.79 Å². The number of thioether (sulfide) groups is 1. The van der Waals surface area contributed by atoms with E-state index in [1.54, 1.807) is 30.0 Å². The van der Waals surface area contributed by atoms with Crippen LogP contribution in [0, 0.1) is 4.84 Å².